The second-order valence-corrected chi connectivity index (χ2v) is 9.88. The van der Waals surface area contributed by atoms with Gasteiger partial charge < -0.3 is 10.1 Å². The molecule has 0 bridgehead atoms. The summed E-state index contributed by atoms with van der Waals surface area (Å²) in [5, 5.41) is 3.00. The van der Waals surface area contributed by atoms with Crippen LogP contribution in [0.1, 0.15) is 50.4 Å². The molecule has 3 aromatic rings. The maximum absolute atomic E-state index is 12.1. The maximum atomic E-state index is 12.1. The summed E-state index contributed by atoms with van der Waals surface area (Å²) in [4.78, 5) is 24.2. The number of carbonyl (C=O) groups excluding carboxylic acids is 1. The predicted molar refractivity (Wildman–Crippen MR) is 140 cm³/mol. The van der Waals surface area contributed by atoms with Gasteiger partial charge in [0.25, 0.3) is 0 Å². The summed E-state index contributed by atoms with van der Waals surface area (Å²) >= 11 is 0. The van der Waals surface area contributed by atoms with Crippen molar-refractivity contribution in [3.63, 3.8) is 0 Å². The molecular weight excluding hydrogens is 436 g/mol. The fourth-order valence-electron chi connectivity index (χ4n) is 4.16. The van der Waals surface area contributed by atoms with Crippen LogP contribution in [0.4, 0.5) is 10.6 Å². The third kappa shape index (κ3) is 7.49. The largest absolute Gasteiger partial charge is 0.444 e. The first kappa shape index (κ1) is 24.6. The molecule has 2 heterocycles. The molecule has 0 unspecified atom stereocenters. The van der Waals surface area contributed by atoms with Gasteiger partial charge in [0.1, 0.15) is 5.60 Å². The zero-order valence-electron chi connectivity index (χ0n) is 20.8. The number of nitrogens with zero attached hydrogens (tertiary/aromatic N) is 3. The lowest BCUT2D eigenvalue weighted by Crippen LogP contribution is -2.45. The minimum absolute atomic E-state index is 0.143. The molecule has 0 spiro atoms. The summed E-state index contributed by atoms with van der Waals surface area (Å²) in [6, 6.07) is 26.6. The number of pyridine rings is 1. The van der Waals surface area contributed by atoms with E-state index in [0.717, 1.165) is 55.0 Å². The molecule has 0 saturated carbocycles. The van der Waals surface area contributed by atoms with E-state index in [4.69, 9.17) is 14.7 Å². The lowest BCUT2D eigenvalue weighted by molar-refractivity contribution is 0.0477. The number of hydrogen-bond acceptors (Lipinski definition) is 5. The van der Waals surface area contributed by atoms with Crippen molar-refractivity contribution < 1.29 is 9.53 Å². The smallest absolute Gasteiger partial charge is 0.407 e. The number of ether oxygens (including phenoxy) is 1. The van der Waals surface area contributed by atoms with Gasteiger partial charge in [-0.1, -0.05) is 66.7 Å². The van der Waals surface area contributed by atoms with Gasteiger partial charge >= 0.3 is 6.09 Å². The van der Waals surface area contributed by atoms with Crippen LogP contribution in [-0.2, 0) is 11.3 Å². The number of carbonyl (C=O) groups is 1. The third-order valence-corrected chi connectivity index (χ3v) is 5.81. The van der Waals surface area contributed by atoms with Crippen LogP contribution in [0, 0.1) is 0 Å². The molecule has 182 valence electrons. The van der Waals surface area contributed by atoms with E-state index >= 15 is 0 Å². The summed E-state index contributed by atoms with van der Waals surface area (Å²) in [6.45, 7) is 8.19. The van der Waals surface area contributed by atoms with Gasteiger partial charge in [0.15, 0.2) is 5.82 Å². The summed E-state index contributed by atoms with van der Waals surface area (Å²) < 4.78 is 5.39. The molecule has 4 rings (SSSR count). The molecule has 35 heavy (non-hydrogen) atoms. The van der Waals surface area contributed by atoms with Crippen molar-refractivity contribution in [1.29, 1.82) is 0 Å². The van der Waals surface area contributed by atoms with E-state index in [1.807, 2.05) is 69.3 Å². The Morgan fingerprint density at radius 1 is 0.943 bits per heavy atom. The maximum Gasteiger partial charge on any atom is 0.407 e. The van der Waals surface area contributed by atoms with E-state index in [0.29, 0.717) is 5.82 Å². The van der Waals surface area contributed by atoms with Crippen molar-refractivity contribution in [3.05, 3.63) is 95.7 Å². The highest BCUT2D eigenvalue weighted by Gasteiger charge is 2.23. The van der Waals surface area contributed by atoms with Crippen LogP contribution in [0.15, 0.2) is 83.9 Å². The second kappa shape index (κ2) is 11.3. The zero-order chi connectivity index (χ0) is 24.7. The highest BCUT2D eigenvalue weighted by Crippen LogP contribution is 2.19. The van der Waals surface area contributed by atoms with Crippen LogP contribution in [0.5, 0.6) is 0 Å². The minimum Gasteiger partial charge on any atom is -0.444 e. The van der Waals surface area contributed by atoms with Crippen LogP contribution in [0.2, 0.25) is 0 Å². The normalized spacial score (nSPS) is 14.8. The number of piperidine rings is 1. The lowest BCUT2D eigenvalue weighted by Gasteiger charge is -2.32. The summed E-state index contributed by atoms with van der Waals surface area (Å²) in [5.41, 5.74) is 3.54. The monoisotopic (exact) mass is 470 g/mol. The molecule has 0 atom stereocenters. The quantitative estimate of drug-likeness (QED) is 0.467. The van der Waals surface area contributed by atoms with Crippen LogP contribution < -0.4 is 5.32 Å². The van der Waals surface area contributed by atoms with Crippen molar-refractivity contribution in [2.75, 3.05) is 13.1 Å². The molecule has 1 saturated heterocycles. The highest BCUT2D eigenvalue weighted by molar-refractivity contribution is 6.13. The van der Waals surface area contributed by atoms with E-state index in [1.54, 1.807) is 0 Å². The Hall–Kier alpha value is -3.51. The van der Waals surface area contributed by atoms with E-state index in [1.165, 1.54) is 0 Å². The van der Waals surface area contributed by atoms with Gasteiger partial charge in [0.05, 0.1) is 11.4 Å². The van der Waals surface area contributed by atoms with Gasteiger partial charge in [-0.25, -0.2) is 14.8 Å². The molecule has 0 radical (unpaired) electrons. The molecule has 1 N–H and O–H groups in total. The second-order valence-electron chi connectivity index (χ2n) is 9.88. The van der Waals surface area contributed by atoms with E-state index < -0.39 is 5.60 Å². The highest BCUT2D eigenvalue weighted by atomic mass is 16.6. The summed E-state index contributed by atoms with van der Waals surface area (Å²) in [5.74, 6) is 0.701. The van der Waals surface area contributed by atoms with Gasteiger partial charge in [0, 0.05) is 36.8 Å². The van der Waals surface area contributed by atoms with Crippen molar-refractivity contribution in [2.45, 2.75) is 51.8 Å². The molecule has 1 aliphatic rings. The van der Waals surface area contributed by atoms with Gasteiger partial charge in [-0.3, -0.25) is 4.90 Å². The third-order valence-electron chi connectivity index (χ3n) is 5.81. The number of amides is 1. The average Bonchev–Trinajstić information content (AvgIpc) is 2.84. The van der Waals surface area contributed by atoms with Crippen LogP contribution in [-0.4, -0.2) is 46.4 Å². The Morgan fingerprint density at radius 3 is 2.11 bits per heavy atom. The molecule has 6 heteroatoms. The van der Waals surface area contributed by atoms with Gasteiger partial charge in [-0.15, -0.1) is 0 Å². The summed E-state index contributed by atoms with van der Waals surface area (Å²) in [7, 11) is 0. The first-order chi connectivity index (χ1) is 16.9. The molecule has 2 aromatic carbocycles. The fourth-order valence-corrected chi connectivity index (χ4v) is 4.16. The molecule has 1 amide bonds. The van der Waals surface area contributed by atoms with Gasteiger partial charge in [0.2, 0.25) is 0 Å². The Bertz CT molecular complexity index is 1090. The number of hydrogen-bond donors (Lipinski definition) is 1. The van der Waals surface area contributed by atoms with Crippen LogP contribution in [0.3, 0.4) is 0 Å². The standard InChI is InChI=1S/C29H34N4O2/c1-29(2,3)35-28(34)31-24-17-19-33(20-18-24)21-25-15-10-16-26(30-25)32-27(22-11-6-4-7-12-22)23-13-8-5-9-14-23/h4-16,24H,17-21H2,1-3H3,(H,31,34). The molecule has 1 aliphatic heterocycles. The lowest BCUT2D eigenvalue weighted by atomic mass is 10.0. The SMILES string of the molecule is CC(C)(C)OC(=O)NC1CCN(Cc2cccc(N=C(c3ccccc3)c3ccccc3)n2)CC1. The number of aliphatic imine (C=N–C) groups is 1. The minimum atomic E-state index is -0.481. The molecule has 1 fully saturated rings. The van der Waals surface area contributed by atoms with E-state index in [2.05, 4.69) is 40.5 Å². The predicted octanol–water partition coefficient (Wildman–Crippen LogP) is 5.74. The number of likely N-dealkylation sites (tertiary alicyclic amines) is 1. The topological polar surface area (TPSA) is 66.8 Å². The first-order valence-corrected chi connectivity index (χ1v) is 12.2. The molecular formula is C29H34N4O2. The summed E-state index contributed by atoms with van der Waals surface area (Å²) in [6.07, 6.45) is 1.45. The molecule has 1 aromatic heterocycles. The van der Waals surface area contributed by atoms with Crippen LogP contribution >= 0.6 is 0 Å². The number of alkyl carbamates (subject to hydrolysis) is 1. The molecule has 6 nitrogen and oxygen atoms in total. The van der Waals surface area contributed by atoms with E-state index in [-0.39, 0.29) is 12.1 Å². The van der Waals surface area contributed by atoms with Crippen molar-refractivity contribution >= 4 is 17.6 Å². The number of rotatable bonds is 6. The van der Waals surface area contributed by atoms with Crippen molar-refractivity contribution in [3.8, 4) is 0 Å². The Morgan fingerprint density at radius 2 is 1.54 bits per heavy atom. The average molecular weight is 471 g/mol. The first-order valence-electron chi connectivity index (χ1n) is 12.2. The van der Waals surface area contributed by atoms with Crippen LogP contribution in [0.25, 0.3) is 0 Å². The Labute approximate surface area is 208 Å². The Kier molecular flexibility index (Phi) is 7.93. The number of aromatic nitrogens is 1. The fraction of sp³-hybridized carbons (Fsp3) is 0.345. The molecule has 0 aliphatic carbocycles. The van der Waals surface area contributed by atoms with E-state index in [9.17, 15) is 4.79 Å². The van der Waals surface area contributed by atoms with Crippen molar-refractivity contribution in [2.24, 2.45) is 4.99 Å². The zero-order valence-corrected chi connectivity index (χ0v) is 20.8. The van der Waals surface area contributed by atoms with Gasteiger partial charge in [-0.05, 0) is 45.7 Å². The van der Waals surface area contributed by atoms with Crippen molar-refractivity contribution in [1.82, 2.24) is 15.2 Å². The van der Waals surface area contributed by atoms with Gasteiger partial charge in [-0.2, -0.15) is 0 Å². The number of nitrogens with one attached hydrogen (secondary N) is 1. The number of benzene rings is 2. The Balaban J connectivity index is 1.41.